The number of nitrogens with one attached hydrogen (secondary N) is 1. The summed E-state index contributed by atoms with van der Waals surface area (Å²) in [5.74, 6) is 0.217. The number of amides is 1. The molecule has 0 radical (unpaired) electrons. The minimum absolute atomic E-state index is 0.0187. The molecule has 0 saturated carbocycles. The van der Waals surface area contributed by atoms with Crippen molar-refractivity contribution in [2.75, 3.05) is 26.1 Å². The van der Waals surface area contributed by atoms with Crippen LogP contribution < -0.4 is 14.8 Å². The Hall–Kier alpha value is -3.02. The highest BCUT2D eigenvalue weighted by molar-refractivity contribution is 5.94. The van der Waals surface area contributed by atoms with Crippen molar-refractivity contribution in [3.05, 3.63) is 54.1 Å². The number of hydrogen-bond donors (Lipinski definition) is 1. The van der Waals surface area contributed by atoms with E-state index in [0.29, 0.717) is 17.2 Å². The van der Waals surface area contributed by atoms with Gasteiger partial charge in [-0.3, -0.25) is 9.59 Å². The number of anilines is 1. The Bertz CT molecular complexity index is 745. The first-order valence-electron chi connectivity index (χ1n) is 8.26. The van der Waals surface area contributed by atoms with Gasteiger partial charge in [-0.05, 0) is 23.6 Å². The highest BCUT2D eigenvalue weighted by Gasteiger charge is 2.15. The number of rotatable bonds is 8. The van der Waals surface area contributed by atoms with Crippen molar-refractivity contribution in [3.8, 4) is 11.5 Å². The molecule has 1 unspecified atom stereocenters. The van der Waals surface area contributed by atoms with Crippen LogP contribution in [0.15, 0.2) is 48.5 Å². The van der Waals surface area contributed by atoms with Gasteiger partial charge in [0.25, 0.3) is 5.91 Å². The molecule has 0 saturated heterocycles. The van der Waals surface area contributed by atoms with Crippen molar-refractivity contribution in [3.63, 3.8) is 0 Å². The van der Waals surface area contributed by atoms with Crippen molar-refractivity contribution < 1.29 is 23.8 Å². The van der Waals surface area contributed by atoms with Gasteiger partial charge in [0.05, 0.1) is 26.3 Å². The summed E-state index contributed by atoms with van der Waals surface area (Å²) in [6.45, 7) is 1.58. The monoisotopic (exact) mass is 357 g/mol. The first-order valence-corrected chi connectivity index (χ1v) is 8.26. The molecule has 26 heavy (non-hydrogen) atoms. The van der Waals surface area contributed by atoms with Gasteiger partial charge in [-0.1, -0.05) is 37.3 Å². The second-order valence-corrected chi connectivity index (χ2v) is 5.79. The van der Waals surface area contributed by atoms with E-state index in [0.717, 1.165) is 5.56 Å². The van der Waals surface area contributed by atoms with Gasteiger partial charge < -0.3 is 19.5 Å². The second-order valence-electron chi connectivity index (χ2n) is 5.79. The predicted octanol–water partition coefficient (Wildman–Crippen LogP) is 3.38. The number of benzene rings is 2. The van der Waals surface area contributed by atoms with E-state index in [1.165, 1.54) is 14.2 Å². The van der Waals surface area contributed by atoms with Gasteiger partial charge in [-0.15, -0.1) is 0 Å². The highest BCUT2D eigenvalue weighted by atomic mass is 16.5. The minimum atomic E-state index is -0.447. The number of ether oxygens (including phenoxy) is 3. The Balaban J connectivity index is 1.86. The minimum Gasteiger partial charge on any atom is -0.497 e. The summed E-state index contributed by atoms with van der Waals surface area (Å²) >= 11 is 0. The van der Waals surface area contributed by atoms with Crippen LogP contribution in [-0.2, 0) is 14.3 Å². The normalized spacial score (nSPS) is 11.3. The summed E-state index contributed by atoms with van der Waals surface area (Å²) in [5, 5.41) is 2.66. The van der Waals surface area contributed by atoms with Crippen LogP contribution in [-0.4, -0.2) is 32.7 Å². The van der Waals surface area contributed by atoms with Crippen LogP contribution in [0.2, 0.25) is 0 Å². The Kier molecular flexibility index (Phi) is 7.02. The van der Waals surface area contributed by atoms with Gasteiger partial charge in [-0.2, -0.15) is 0 Å². The highest BCUT2D eigenvalue weighted by Crippen LogP contribution is 2.28. The van der Waals surface area contributed by atoms with Crippen molar-refractivity contribution >= 4 is 17.6 Å². The fourth-order valence-electron chi connectivity index (χ4n) is 2.45. The summed E-state index contributed by atoms with van der Waals surface area (Å²) in [6, 6.07) is 14.7. The van der Waals surface area contributed by atoms with Crippen LogP contribution in [0.25, 0.3) is 0 Å². The standard InChI is InChI=1S/C20H23NO5/c1-14(15-7-5-4-6-8-15)11-20(23)26-13-19(22)21-17-12-16(24-2)9-10-18(17)25-3/h4-10,12,14H,11,13H2,1-3H3,(H,21,22). The fourth-order valence-corrected chi connectivity index (χ4v) is 2.45. The second kappa shape index (κ2) is 9.46. The maximum Gasteiger partial charge on any atom is 0.306 e. The zero-order valence-electron chi connectivity index (χ0n) is 15.2. The van der Waals surface area contributed by atoms with Crippen LogP contribution in [0.4, 0.5) is 5.69 Å². The molecule has 0 aromatic heterocycles. The molecule has 2 aromatic carbocycles. The number of esters is 1. The largest absolute Gasteiger partial charge is 0.497 e. The number of carbonyl (C=O) groups excluding carboxylic acids is 2. The van der Waals surface area contributed by atoms with Gasteiger partial charge in [0, 0.05) is 6.07 Å². The molecule has 0 heterocycles. The van der Waals surface area contributed by atoms with Gasteiger partial charge in [-0.25, -0.2) is 0 Å². The molecule has 1 atom stereocenters. The topological polar surface area (TPSA) is 73.9 Å². The van der Waals surface area contributed by atoms with Gasteiger partial charge in [0.1, 0.15) is 11.5 Å². The molecule has 138 valence electrons. The average Bonchev–Trinajstić information content (AvgIpc) is 2.67. The zero-order valence-corrected chi connectivity index (χ0v) is 15.2. The molecule has 2 rings (SSSR count). The molecule has 6 heteroatoms. The van der Waals surface area contributed by atoms with Crippen molar-refractivity contribution in [2.24, 2.45) is 0 Å². The molecule has 0 aliphatic carbocycles. The average molecular weight is 357 g/mol. The third-order valence-electron chi connectivity index (χ3n) is 3.89. The van der Waals surface area contributed by atoms with Crippen LogP contribution >= 0.6 is 0 Å². The molecule has 0 aliphatic rings. The van der Waals surface area contributed by atoms with E-state index in [9.17, 15) is 9.59 Å². The molecule has 0 bridgehead atoms. The first-order chi connectivity index (χ1) is 12.5. The fraction of sp³-hybridized carbons (Fsp3) is 0.300. The van der Waals surface area contributed by atoms with E-state index in [1.54, 1.807) is 18.2 Å². The van der Waals surface area contributed by atoms with E-state index in [-0.39, 0.29) is 18.9 Å². The maximum absolute atomic E-state index is 12.1. The van der Waals surface area contributed by atoms with E-state index in [1.807, 2.05) is 37.3 Å². The Morgan fingerprint density at radius 3 is 2.42 bits per heavy atom. The summed E-state index contributed by atoms with van der Waals surface area (Å²) in [4.78, 5) is 24.0. The lowest BCUT2D eigenvalue weighted by molar-refractivity contribution is -0.147. The SMILES string of the molecule is COc1ccc(OC)c(NC(=O)COC(=O)CC(C)c2ccccc2)c1. The molecular weight excluding hydrogens is 334 g/mol. The van der Waals surface area contributed by atoms with Gasteiger partial charge >= 0.3 is 5.97 Å². The smallest absolute Gasteiger partial charge is 0.306 e. The molecule has 0 aliphatic heterocycles. The summed E-state index contributed by atoms with van der Waals surface area (Å²) in [7, 11) is 3.03. The van der Waals surface area contributed by atoms with Crippen molar-refractivity contribution in [1.29, 1.82) is 0 Å². The number of carbonyl (C=O) groups is 2. The van der Waals surface area contributed by atoms with E-state index in [4.69, 9.17) is 14.2 Å². The van der Waals surface area contributed by atoms with E-state index >= 15 is 0 Å². The molecule has 1 N–H and O–H groups in total. The first kappa shape index (κ1) is 19.3. The summed E-state index contributed by atoms with van der Waals surface area (Å²) in [6.07, 6.45) is 0.208. The lowest BCUT2D eigenvalue weighted by Crippen LogP contribution is -2.21. The van der Waals surface area contributed by atoms with Crippen molar-refractivity contribution in [2.45, 2.75) is 19.3 Å². The lowest BCUT2D eigenvalue weighted by atomic mass is 9.98. The maximum atomic E-state index is 12.1. The molecule has 0 fully saturated rings. The van der Waals surface area contributed by atoms with Crippen LogP contribution in [0, 0.1) is 0 Å². The van der Waals surface area contributed by atoms with Crippen LogP contribution in [0.3, 0.4) is 0 Å². The van der Waals surface area contributed by atoms with E-state index < -0.39 is 11.9 Å². The quantitative estimate of drug-likeness (QED) is 0.733. The van der Waals surface area contributed by atoms with Gasteiger partial charge in [0.2, 0.25) is 0 Å². The lowest BCUT2D eigenvalue weighted by Gasteiger charge is -2.13. The third-order valence-corrected chi connectivity index (χ3v) is 3.89. The molecule has 6 nitrogen and oxygen atoms in total. The molecule has 1 amide bonds. The Morgan fingerprint density at radius 2 is 1.77 bits per heavy atom. The number of methoxy groups -OCH3 is 2. The summed E-state index contributed by atoms with van der Waals surface area (Å²) < 4.78 is 15.4. The Morgan fingerprint density at radius 1 is 1.04 bits per heavy atom. The molecule has 0 spiro atoms. The summed E-state index contributed by atoms with van der Waals surface area (Å²) in [5.41, 5.74) is 1.50. The molecule has 2 aromatic rings. The zero-order chi connectivity index (χ0) is 18.9. The Labute approximate surface area is 153 Å². The third kappa shape index (κ3) is 5.51. The van der Waals surface area contributed by atoms with E-state index in [2.05, 4.69) is 5.32 Å². The van der Waals surface area contributed by atoms with Crippen molar-refractivity contribution in [1.82, 2.24) is 0 Å². The van der Waals surface area contributed by atoms with Gasteiger partial charge in [0.15, 0.2) is 6.61 Å². The predicted molar refractivity (Wildman–Crippen MR) is 98.6 cm³/mol. The molecular formula is C20H23NO5. The number of hydrogen-bond acceptors (Lipinski definition) is 5. The van der Waals surface area contributed by atoms with Crippen LogP contribution in [0.1, 0.15) is 24.8 Å². The van der Waals surface area contributed by atoms with Crippen LogP contribution in [0.5, 0.6) is 11.5 Å².